The lowest BCUT2D eigenvalue weighted by Crippen LogP contribution is -2.20. The van der Waals surface area contributed by atoms with Crippen LogP contribution in [0.15, 0.2) is 34.8 Å². The molecule has 0 radical (unpaired) electrons. The fourth-order valence-electron chi connectivity index (χ4n) is 2.24. The van der Waals surface area contributed by atoms with Gasteiger partial charge in [0.05, 0.1) is 19.9 Å². The molecule has 0 saturated carbocycles. The maximum atomic E-state index is 12.1. The van der Waals surface area contributed by atoms with Crippen LogP contribution in [0.2, 0.25) is 0 Å². The number of amides is 1. The molecule has 0 aliphatic rings. The summed E-state index contributed by atoms with van der Waals surface area (Å²) >= 11 is 3.51. The molecule has 0 aliphatic heterocycles. The minimum Gasteiger partial charge on any atom is -0.497 e. The number of hydrogen-bond acceptors (Lipinski definition) is 4. The van der Waals surface area contributed by atoms with Crippen molar-refractivity contribution in [3.05, 3.63) is 45.9 Å². The van der Waals surface area contributed by atoms with Gasteiger partial charge in [-0.1, -0.05) is 15.9 Å². The maximum Gasteiger partial charge on any atom is 0.262 e. The van der Waals surface area contributed by atoms with E-state index in [-0.39, 0.29) is 12.5 Å². The van der Waals surface area contributed by atoms with E-state index < -0.39 is 0 Å². The molecule has 0 unspecified atom stereocenters. The Kier molecular flexibility index (Phi) is 6.09. The van der Waals surface area contributed by atoms with Crippen LogP contribution in [-0.2, 0) is 4.79 Å². The highest BCUT2D eigenvalue weighted by molar-refractivity contribution is 9.10. The predicted molar refractivity (Wildman–Crippen MR) is 97.3 cm³/mol. The number of aryl methyl sites for hydroxylation is 2. The fourth-order valence-corrected chi connectivity index (χ4v) is 2.47. The van der Waals surface area contributed by atoms with E-state index in [0.29, 0.717) is 22.9 Å². The Morgan fingerprint density at radius 2 is 1.71 bits per heavy atom. The van der Waals surface area contributed by atoms with Crippen molar-refractivity contribution in [2.45, 2.75) is 13.8 Å². The van der Waals surface area contributed by atoms with E-state index in [1.54, 1.807) is 32.4 Å². The second-order valence-corrected chi connectivity index (χ2v) is 6.07. The van der Waals surface area contributed by atoms with Crippen LogP contribution in [0.25, 0.3) is 0 Å². The van der Waals surface area contributed by atoms with E-state index in [9.17, 15) is 4.79 Å². The van der Waals surface area contributed by atoms with Crippen LogP contribution in [-0.4, -0.2) is 26.7 Å². The van der Waals surface area contributed by atoms with Gasteiger partial charge in [0.2, 0.25) is 0 Å². The Bertz CT molecular complexity index is 723. The number of anilines is 1. The van der Waals surface area contributed by atoms with Crippen LogP contribution in [0, 0.1) is 13.8 Å². The molecule has 0 atom stereocenters. The van der Waals surface area contributed by atoms with Gasteiger partial charge in [-0.2, -0.15) is 0 Å². The molecule has 24 heavy (non-hydrogen) atoms. The number of ether oxygens (including phenoxy) is 3. The zero-order valence-electron chi connectivity index (χ0n) is 14.1. The van der Waals surface area contributed by atoms with Crippen molar-refractivity contribution in [1.82, 2.24) is 0 Å². The Morgan fingerprint density at radius 3 is 2.29 bits per heavy atom. The summed E-state index contributed by atoms with van der Waals surface area (Å²) in [5, 5.41) is 2.77. The summed E-state index contributed by atoms with van der Waals surface area (Å²) in [4.78, 5) is 12.1. The van der Waals surface area contributed by atoms with Crippen molar-refractivity contribution in [3.8, 4) is 17.2 Å². The number of methoxy groups -OCH3 is 2. The van der Waals surface area contributed by atoms with Crippen LogP contribution < -0.4 is 19.5 Å². The second-order valence-electron chi connectivity index (χ2n) is 5.27. The molecule has 0 bridgehead atoms. The van der Waals surface area contributed by atoms with Crippen molar-refractivity contribution in [1.29, 1.82) is 0 Å². The topological polar surface area (TPSA) is 56.8 Å². The van der Waals surface area contributed by atoms with Gasteiger partial charge in [0.1, 0.15) is 17.2 Å². The number of carbonyl (C=O) groups excluding carboxylic acids is 1. The lowest BCUT2D eigenvalue weighted by atomic mass is 10.1. The van der Waals surface area contributed by atoms with Crippen LogP contribution in [0.1, 0.15) is 11.1 Å². The van der Waals surface area contributed by atoms with Gasteiger partial charge in [-0.25, -0.2) is 0 Å². The monoisotopic (exact) mass is 393 g/mol. The van der Waals surface area contributed by atoms with Crippen molar-refractivity contribution < 1.29 is 19.0 Å². The standard InChI is InChI=1S/C18H20BrNO4/c1-11-7-14(8-12(2)18(11)19)24-10-17(21)20-15-9-13(22-3)5-6-16(15)23-4/h5-9H,10H2,1-4H3,(H,20,21). The highest BCUT2D eigenvalue weighted by Gasteiger charge is 2.11. The van der Waals surface area contributed by atoms with Gasteiger partial charge in [0.25, 0.3) is 5.91 Å². The largest absolute Gasteiger partial charge is 0.497 e. The van der Waals surface area contributed by atoms with Gasteiger partial charge < -0.3 is 19.5 Å². The van der Waals surface area contributed by atoms with Crippen molar-refractivity contribution >= 4 is 27.5 Å². The molecule has 6 heteroatoms. The van der Waals surface area contributed by atoms with Gasteiger partial charge in [0, 0.05) is 10.5 Å². The highest BCUT2D eigenvalue weighted by Crippen LogP contribution is 2.29. The number of carbonyl (C=O) groups is 1. The lowest BCUT2D eigenvalue weighted by molar-refractivity contribution is -0.118. The summed E-state index contributed by atoms with van der Waals surface area (Å²) in [7, 11) is 3.11. The van der Waals surface area contributed by atoms with Gasteiger partial charge in [-0.3, -0.25) is 4.79 Å². The van der Waals surface area contributed by atoms with E-state index in [0.717, 1.165) is 15.6 Å². The lowest BCUT2D eigenvalue weighted by Gasteiger charge is -2.13. The fraction of sp³-hybridized carbons (Fsp3) is 0.278. The molecule has 0 aliphatic carbocycles. The highest BCUT2D eigenvalue weighted by atomic mass is 79.9. The van der Waals surface area contributed by atoms with Crippen LogP contribution in [0.5, 0.6) is 17.2 Å². The maximum absolute atomic E-state index is 12.1. The third-order valence-electron chi connectivity index (χ3n) is 3.46. The molecule has 2 rings (SSSR count). The molecule has 1 amide bonds. The molecule has 1 N–H and O–H groups in total. The third-order valence-corrected chi connectivity index (χ3v) is 4.71. The van der Waals surface area contributed by atoms with E-state index >= 15 is 0 Å². The summed E-state index contributed by atoms with van der Waals surface area (Å²) in [6.07, 6.45) is 0. The first-order chi connectivity index (χ1) is 11.4. The van der Waals surface area contributed by atoms with Gasteiger partial charge >= 0.3 is 0 Å². The van der Waals surface area contributed by atoms with Gasteiger partial charge in [-0.15, -0.1) is 0 Å². The molecule has 0 spiro atoms. The summed E-state index contributed by atoms with van der Waals surface area (Å²) < 4.78 is 17.0. The molecular formula is C18H20BrNO4. The summed E-state index contributed by atoms with van der Waals surface area (Å²) in [5.41, 5.74) is 2.65. The number of rotatable bonds is 6. The van der Waals surface area contributed by atoms with E-state index in [2.05, 4.69) is 21.2 Å². The van der Waals surface area contributed by atoms with E-state index in [1.165, 1.54) is 0 Å². The molecular weight excluding hydrogens is 374 g/mol. The first-order valence-electron chi connectivity index (χ1n) is 7.36. The molecule has 0 aromatic heterocycles. The summed E-state index contributed by atoms with van der Waals surface area (Å²) in [5.74, 6) is 1.56. The average molecular weight is 394 g/mol. The molecule has 0 fully saturated rings. The molecule has 2 aromatic carbocycles. The van der Waals surface area contributed by atoms with Gasteiger partial charge in [0.15, 0.2) is 6.61 Å². The molecule has 2 aromatic rings. The molecule has 5 nitrogen and oxygen atoms in total. The minimum atomic E-state index is -0.278. The SMILES string of the molecule is COc1ccc(OC)c(NC(=O)COc2cc(C)c(Br)c(C)c2)c1. The van der Waals surface area contributed by atoms with Gasteiger partial charge in [-0.05, 0) is 49.2 Å². The van der Waals surface area contributed by atoms with Crippen LogP contribution in [0.3, 0.4) is 0 Å². The number of hydrogen-bond donors (Lipinski definition) is 1. The quantitative estimate of drug-likeness (QED) is 0.802. The first-order valence-corrected chi connectivity index (χ1v) is 8.15. The zero-order chi connectivity index (χ0) is 17.7. The first kappa shape index (κ1) is 18.1. The normalized spacial score (nSPS) is 10.2. The molecule has 0 saturated heterocycles. The smallest absolute Gasteiger partial charge is 0.262 e. The minimum absolute atomic E-state index is 0.0964. The van der Waals surface area contributed by atoms with E-state index in [1.807, 2.05) is 26.0 Å². The van der Waals surface area contributed by atoms with Crippen LogP contribution >= 0.6 is 15.9 Å². The third kappa shape index (κ3) is 4.41. The van der Waals surface area contributed by atoms with Crippen molar-refractivity contribution in [2.75, 3.05) is 26.1 Å². The number of benzene rings is 2. The molecule has 128 valence electrons. The van der Waals surface area contributed by atoms with Crippen molar-refractivity contribution in [3.63, 3.8) is 0 Å². The van der Waals surface area contributed by atoms with Crippen molar-refractivity contribution in [2.24, 2.45) is 0 Å². The zero-order valence-corrected chi connectivity index (χ0v) is 15.7. The summed E-state index contributed by atoms with van der Waals surface area (Å²) in [6, 6.07) is 8.97. The Hall–Kier alpha value is -2.21. The summed E-state index contributed by atoms with van der Waals surface area (Å²) in [6.45, 7) is 3.86. The van der Waals surface area contributed by atoms with E-state index in [4.69, 9.17) is 14.2 Å². The number of halogens is 1. The second kappa shape index (κ2) is 8.06. The molecule has 0 heterocycles. The average Bonchev–Trinajstić information content (AvgIpc) is 2.57. The Labute approximate surface area is 150 Å². The Balaban J connectivity index is 2.04. The number of nitrogens with one attached hydrogen (secondary N) is 1. The predicted octanol–water partition coefficient (Wildman–Crippen LogP) is 4.10. The van der Waals surface area contributed by atoms with Crippen LogP contribution in [0.4, 0.5) is 5.69 Å². The Morgan fingerprint density at radius 1 is 1.04 bits per heavy atom.